The maximum atomic E-state index is 6.06. The Labute approximate surface area is 142 Å². The molecule has 0 aromatic heterocycles. The Morgan fingerprint density at radius 1 is 0.708 bits per heavy atom. The summed E-state index contributed by atoms with van der Waals surface area (Å²) in [6.45, 7) is 3.75. The van der Waals surface area contributed by atoms with Crippen molar-refractivity contribution in [2.24, 2.45) is 0 Å². The van der Waals surface area contributed by atoms with Gasteiger partial charge in [0.2, 0.25) is 0 Å². The van der Waals surface area contributed by atoms with Gasteiger partial charge in [0.15, 0.2) is 0 Å². The van der Waals surface area contributed by atoms with E-state index in [-0.39, 0.29) is 0 Å². The molecule has 0 heterocycles. The molecule has 0 bridgehead atoms. The summed E-state index contributed by atoms with van der Waals surface area (Å²) in [6, 6.07) is 25.5. The molecule has 3 rings (SSSR count). The van der Waals surface area contributed by atoms with Crippen LogP contribution in [0.5, 0.6) is 23.0 Å². The molecular weight excluding hydrogens is 298 g/mol. The van der Waals surface area contributed by atoms with Crippen LogP contribution in [0.4, 0.5) is 0 Å². The number of rotatable bonds is 7. The highest BCUT2D eigenvalue weighted by atomic mass is 16.5. The van der Waals surface area contributed by atoms with Crippen LogP contribution in [0.3, 0.4) is 0 Å². The minimum absolute atomic E-state index is 0.754. The third kappa shape index (κ3) is 4.37. The molecule has 0 fully saturated rings. The van der Waals surface area contributed by atoms with Gasteiger partial charge < -0.3 is 14.8 Å². The van der Waals surface area contributed by atoms with Crippen molar-refractivity contribution >= 4 is 0 Å². The Bertz CT molecular complexity index is 757. The van der Waals surface area contributed by atoms with Gasteiger partial charge in [0.1, 0.15) is 23.0 Å². The van der Waals surface area contributed by atoms with Crippen LogP contribution in [0, 0.1) is 0 Å². The zero-order valence-electron chi connectivity index (χ0n) is 13.7. The van der Waals surface area contributed by atoms with Crippen LogP contribution in [0.15, 0.2) is 78.9 Å². The number of hydrogen-bond donors (Lipinski definition) is 1. The Balaban J connectivity index is 1.85. The number of ether oxygens (including phenoxy) is 2. The summed E-state index contributed by atoms with van der Waals surface area (Å²) in [4.78, 5) is 0. The molecule has 0 aliphatic carbocycles. The highest BCUT2D eigenvalue weighted by molar-refractivity contribution is 5.44. The quantitative estimate of drug-likeness (QED) is 0.634. The fourth-order valence-corrected chi connectivity index (χ4v) is 2.34. The van der Waals surface area contributed by atoms with Crippen LogP contribution >= 0.6 is 0 Å². The van der Waals surface area contributed by atoms with Gasteiger partial charge in [-0.25, -0.2) is 0 Å². The van der Waals surface area contributed by atoms with Crippen molar-refractivity contribution in [3.05, 3.63) is 84.4 Å². The molecule has 0 atom stereocenters. The van der Waals surface area contributed by atoms with E-state index in [4.69, 9.17) is 9.47 Å². The molecule has 0 spiro atoms. The first-order valence-corrected chi connectivity index (χ1v) is 8.14. The molecule has 0 amide bonds. The second-order valence-corrected chi connectivity index (χ2v) is 5.38. The Hall–Kier alpha value is -2.78. The van der Waals surface area contributed by atoms with Crippen molar-refractivity contribution in [2.45, 2.75) is 13.5 Å². The molecule has 122 valence electrons. The van der Waals surface area contributed by atoms with Gasteiger partial charge in [0, 0.05) is 18.2 Å². The van der Waals surface area contributed by atoms with Gasteiger partial charge in [0.25, 0.3) is 0 Å². The second-order valence-electron chi connectivity index (χ2n) is 5.38. The summed E-state index contributed by atoms with van der Waals surface area (Å²) in [5.41, 5.74) is 1.10. The van der Waals surface area contributed by atoms with Gasteiger partial charge in [-0.1, -0.05) is 49.4 Å². The van der Waals surface area contributed by atoms with Crippen molar-refractivity contribution in [3.8, 4) is 23.0 Å². The Morgan fingerprint density at radius 3 is 1.96 bits per heavy atom. The maximum absolute atomic E-state index is 6.06. The average molecular weight is 319 g/mol. The van der Waals surface area contributed by atoms with Crippen molar-refractivity contribution in [1.82, 2.24) is 5.32 Å². The zero-order chi connectivity index (χ0) is 16.6. The van der Waals surface area contributed by atoms with Crippen molar-refractivity contribution in [3.63, 3.8) is 0 Å². The second kappa shape index (κ2) is 8.18. The van der Waals surface area contributed by atoms with E-state index in [1.165, 1.54) is 0 Å². The molecule has 3 nitrogen and oxygen atoms in total. The van der Waals surface area contributed by atoms with Crippen LogP contribution in [0.25, 0.3) is 0 Å². The van der Waals surface area contributed by atoms with Crippen molar-refractivity contribution in [1.29, 1.82) is 0 Å². The fourth-order valence-electron chi connectivity index (χ4n) is 2.34. The zero-order valence-corrected chi connectivity index (χ0v) is 13.7. The Kier molecular flexibility index (Phi) is 5.48. The minimum Gasteiger partial charge on any atom is -0.457 e. The average Bonchev–Trinajstić information content (AvgIpc) is 2.63. The lowest BCUT2D eigenvalue weighted by Crippen LogP contribution is -2.12. The number of para-hydroxylation sites is 2. The van der Waals surface area contributed by atoms with E-state index in [1.807, 2.05) is 78.9 Å². The number of nitrogens with one attached hydrogen (secondary N) is 1. The van der Waals surface area contributed by atoms with E-state index in [0.717, 1.165) is 41.7 Å². The standard InChI is InChI=1S/C21H21NO2/c1-2-22-16-17-13-14-20(23-18-9-5-3-6-10-18)15-21(17)24-19-11-7-4-8-12-19/h3-15,22H,2,16H2,1H3. The molecule has 0 aliphatic heterocycles. The summed E-state index contributed by atoms with van der Waals surface area (Å²) in [5, 5.41) is 3.34. The van der Waals surface area contributed by atoms with Crippen LogP contribution in [-0.4, -0.2) is 6.54 Å². The molecular formula is C21H21NO2. The monoisotopic (exact) mass is 319 g/mol. The minimum atomic E-state index is 0.754. The summed E-state index contributed by atoms with van der Waals surface area (Å²) in [5.74, 6) is 3.18. The lowest BCUT2D eigenvalue weighted by molar-refractivity contribution is 0.454. The van der Waals surface area contributed by atoms with E-state index in [1.54, 1.807) is 0 Å². The van der Waals surface area contributed by atoms with Gasteiger partial charge in [-0.3, -0.25) is 0 Å². The van der Waals surface area contributed by atoms with E-state index >= 15 is 0 Å². The van der Waals surface area contributed by atoms with Crippen molar-refractivity contribution in [2.75, 3.05) is 6.54 Å². The SMILES string of the molecule is CCNCc1ccc(Oc2ccccc2)cc1Oc1ccccc1. The number of hydrogen-bond acceptors (Lipinski definition) is 3. The van der Waals surface area contributed by atoms with Crippen LogP contribution in [-0.2, 0) is 6.54 Å². The highest BCUT2D eigenvalue weighted by Crippen LogP contribution is 2.31. The lowest BCUT2D eigenvalue weighted by atomic mass is 10.2. The molecule has 0 saturated carbocycles. The van der Waals surface area contributed by atoms with Crippen LogP contribution < -0.4 is 14.8 Å². The molecule has 0 saturated heterocycles. The maximum Gasteiger partial charge on any atom is 0.135 e. The van der Waals surface area contributed by atoms with E-state index in [9.17, 15) is 0 Å². The molecule has 3 aromatic carbocycles. The first kappa shape index (κ1) is 16.1. The van der Waals surface area contributed by atoms with Crippen molar-refractivity contribution < 1.29 is 9.47 Å². The van der Waals surface area contributed by atoms with Gasteiger partial charge in [0.05, 0.1) is 0 Å². The van der Waals surface area contributed by atoms with Crippen LogP contribution in [0.1, 0.15) is 12.5 Å². The molecule has 3 aromatic rings. The smallest absolute Gasteiger partial charge is 0.135 e. The number of benzene rings is 3. The Morgan fingerprint density at radius 2 is 1.33 bits per heavy atom. The summed E-state index contributed by atoms with van der Waals surface area (Å²) >= 11 is 0. The largest absolute Gasteiger partial charge is 0.457 e. The first-order chi connectivity index (χ1) is 11.8. The third-order valence-electron chi connectivity index (χ3n) is 3.55. The molecule has 0 aliphatic rings. The molecule has 0 radical (unpaired) electrons. The van der Waals surface area contributed by atoms with Gasteiger partial charge in [-0.15, -0.1) is 0 Å². The topological polar surface area (TPSA) is 30.5 Å². The van der Waals surface area contributed by atoms with Gasteiger partial charge in [-0.05, 0) is 36.9 Å². The summed E-state index contributed by atoms with van der Waals surface area (Å²) in [7, 11) is 0. The van der Waals surface area contributed by atoms with E-state index < -0.39 is 0 Å². The summed E-state index contributed by atoms with van der Waals surface area (Å²) < 4.78 is 12.0. The molecule has 0 unspecified atom stereocenters. The molecule has 1 N–H and O–H groups in total. The summed E-state index contributed by atoms with van der Waals surface area (Å²) in [6.07, 6.45) is 0. The molecule has 24 heavy (non-hydrogen) atoms. The van der Waals surface area contributed by atoms with Crippen LogP contribution in [0.2, 0.25) is 0 Å². The van der Waals surface area contributed by atoms with Gasteiger partial charge in [-0.2, -0.15) is 0 Å². The lowest BCUT2D eigenvalue weighted by Gasteiger charge is -2.14. The highest BCUT2D eigenvalue weighted by Gasteiger charge is 2.08. The molecule has 3 heteroatoms. The third-order valence-corrected chi connectivity index (χ3v) is 3.55. The normalized spacial score (nSPS) is 10.4. The predicted molar refractivity (Wildman–Crippen MR) is 96.9 cm³/mol. The predicted octanol–water partition coefficient (Wildman–Crippen LogP) is 5.38. The van der Waals surface area contributed by atoms with E-state index in [2.05, 4.69) is 12.2 Å². The van der Waals surface area contributed by atoms with Gasteiger partial charge >= 0.3 is 0 Å². The fraction of sp³-hybridized carbons (Fsp3) is 0.143. The van der Waals surface area contributed by atoms with E-state index in [0.29, 0.717) is 0 Å². The first-order valence-electron chi connectivity index (χ1n) is 8.14.